The fourth-order valence-electron chi connectivity index (χ4n) is 2.73. The highest BCUT2D eigenvalue weighted by Gasteiger charge is 2.26. The maximum atomic E-state index is 11.9. The van der Waals surface area contributed by atoms with Crippen molar-refractivity contribution in [3.05, 3.63) is 29.8 Å². The van der Waals surface area contributed by atoms with Gasteiger partial charge in [-0.1, -0.05) is 18.6 Å². The van der Waals surface area contributed by atoms with E-state index in [2.05, 4.69) is 17.9 Å². The third-order valence-electron chi connectivity index (χ3n) is 3.91. The zero-order valence-electron chi connectivity index (χ0n) is 11.0. The zero-order valence-corrected chi connectivity index (χ0v) is 11.9. The quantitative estimate of drug-likeness (QED) is 0.722. The van der Waals surface area contributed by atoms with Gasteiger partial charge in [-0.05, 0) is 42.4 Å². The third-order valence-corrected chi connectivity index (χ3v) is 4.21. The molecule has 1 aliphatic rings. The molecule has 1 amide bonds. The summed E-state index contributed by atoms with van der Waals surface area (Å²) in [6.07, 6.45) is 3.76. The van der Waals surface area contributed by atoms with Gasteiger partial charge in [0.1, 0.15) is 0 Å². The second kappa shape index (κ2) is 6.96. The Morgan fingerprint density at radius 1 is 1.26 bits per heavy atom. The minimum absolute atomic E-state index is 0.0514. The fraction of sp³-hybridized carbons (Fsp3) is 0.533. The van der Waals surface area contributed by atoms with E-state index in [1.807, 2.05) is 24.3 Å². The first kappa shape index (κ1) is 14.4. The first-order valence-corrected chi connectivity index (χ1v) is 7.29. The van der Waals surface area contributed by atoms with E-state index in [9.17, 15) is 9.90 Å². The van der Waals surface area contributed by atoms with Crippen molar-refractivity contribution in [2.24, 2.45) is 11.8 Å². The van der Waals surface area contributed by atoms with Gasteiger partial charge >= 0.3 is 0 Å². The first-order chi connectivity index (χ1) is 9.19. The van der Waals surface area contributed by atoms with Crippen LogP contribution in [0.1, 0.15) is 24.8 Å². The molecule has 0 radical (unpaired) electrons. The Labute approximate surface area is 119 Å². The van der Waals surface area contributed by atoms with E-state index in [-0.39, 0.29) is 12.5 Å². The minimum Gasteiger partial charge on any atom is -0.396 e. The molecule has 2 rings (SSSR count). The number of aliphatic hydroxyl groups excluding tert-OH is 1. The highest BCUT2D eigenvalue weighted by Crippen LogP contribution is 2.30. The number of hydrogen-bond donors (Lipinski definition) is 3. The molecule has 1 fully saturated rings. The maximum Gasteiger partial charge on any atom is 0.224 e. The van der Waals surface area contributed by atoms with Gasteiger partial charge in [-0.3, -0.25) is 4.79 Å². The van der Waals surface area contributed by atoms with E-state index in [1.165, 1.54) is 0 Å². The number of carbonyl (C=O) groups is 1. The summed E-state index contributed by atoms with van der Waals surface area (Å²) < 4.78 is 0. The summed E-state index contributed by atoms with van der Waals surface area (Å²) in [6.45, 7) is 0.929. The lowest BCUT2D eigenvalue weighted by molar-refractivity contribution is -0.120. The summed E-state index contributed by atoms with van der Waals surface area (Å²) in [4.78, 5) is 12.8. The molecule has 0 bridgehead atoms. The highest BCUT2D eigenvalue weighted by atomic mass is 32.1. The van der Waals surface area contributed by atoms with Crippen LogP contribution in [0.5, 0.6) is 0 Å². The Hall–Kier alpha value is -1.00. The molecule has 0 heterocycles. The van der Waals surface area contributed by atoms with Crippen LogP contribution in [0.15, 0.2) is 29.2 Å². The van der Waals surface area contributed by atoms with Gasteiger partial charge in [0, 0.05) is 18.0 Å². The molecule has 1 aromatic rings. The van der Waals surface area contributed by atoms with E-state index >= 15 is 0 Å². The summed E-state index contributed by atoms with van der Waals surface area (Å²) in [5.74, 6) is 0.855. The predicted molar refractivity (Wildman–Crippen MR) is 78.3 cm³/mol. The van der Waals surface area contributed by atoms with E-state index < -0.39 is 0 Å². The Balaban J connectivity index is 1.77. The average Bonchev–Trinajstić information content (AvgIpc) is 2.86. The van der Waals surface area contributed by atoms with Crippen LogP contribution >= 0.6 is 12.6 Å². The van der Waals surface area contributed by atoms with Crippen LogP contribution in [0.3, 0.4) is 0 Å². The topological polar surface area (TPSA) is 49.3 Å². The van der Waals surface area contributed by atoms with Gasteiger partial charge in [0.05, 0.1) is 6.42 Å². The summed E-state index contributed by atoms with van der Waals surface area (Å²) in [6, 6.07) is 7.64. The number of aliphatic hydroxyl groups is 1. The van der Waals surface area contributed by atoms with E-state index in [1.54, 1.807) is 0 Å². The lowest BCUT2D eigenvalue weighted by atomic mass is 9.97. The van der Waals surface area contributed by atoms with Crippen LogP contribution in [-0.2, 0) is 11.2 Å². The molecule has 3 nitrogen and oxygen atoms in total. The van der Waals surface area contributed by atoms with Crippen molar-refractivity contribution in [1.82, 2.24) is 5.32 Å². The average molecular weight is 279 g/mol. The zero-order chi connectivity index (χ0) is 13.7. The number of rotatable bonds is 5. The normalized spacial score (nSPS) is 22.4. The van der Waals surface area contributed by atoms with Gasteiger partial charge in [-0.15, -0.1) is 12.6 Å². The number of carbonyl (C=O) groups excluding carboxylic acids is 1. The maximum absolute atomic E-state index is 11.9. The molecule has 0 aromatic heterocycles. The van der Waals surface area contributed by atoms with Crippen LogP contribution in [0.2, 0.25) is 0 Å². The Morgan fingerprint density at radius 3 is 2.63 bits per heavy atom. The Bertz CT molecular complexity index is 419. The number of nitrogens with one attached hydrogen (secondary N) is 1. The molecule has 0 spiro atoms. The van der Waals surface area contributed by atoms with Crippen LogP contribution < -0.4 is 5.32 Å². The molecular formula is C15H21NO2S. The standard InChI is InChI=1S/C15H21NO2S/c17-10-13-3-1-2-12(13)9-16-15(18)8-11-4-6-14(19)7-5-11/h4-7,12-13,17,19H,1-3,8-10H2,(H,16,18). The van der Waals surface area contributed by atoms with Gasteiger partial charge < -0.3 is 10.4 Å². The second-order valence-corrected chi connectivity index (χ2v) is 5.80. The number of hydrogen-bond acceptors (Lipinski definition) is 3. The van der Waals surface area contributed by atoms with Gasteiger partial charge in [-0.2, -0.15) is 0 Å². The van der Waals surface area contributed by atoms with Crippen LogP contribution in [0.25, 0.3) is 0 Å². The highest BCUT2D eigenvalue weighted by molar-refractivity contribution is 7.80. The minimum atomic E-state index is 0.0514. The van der Waals surface area contributed by atoms with Crippen LogP contribution in [0, 0.1) is 11.8 Å². The summed E-state index contributed by atoms with van der Waals surface area (Å²) in [7, 11) is 0. The van der Waals surface area contributed by atoms with Crippen molar-refractivity contribution in [3.63, 3.8) is 0 Å². The molecule has 1 aliphatic carbocycles. The largest absolute Gasteiger partial charge is 0.396 e. The van der Waals surface area contributed by atoms with Crippen molar-refractivity contribution in [2.45, 2.75) is 30.6 Å². The number of amides is 1. The molecule has 2 unspecified atom stereocenters. The lowest BCUT2D eigenvalue weighted by Gasteiger charge is -2.17. The molecule has 104 valence electrons. The van der Waals surface area contributed by atoms with Crippen molar-refractivity contribution in [3.8, 4) is 0 Å². The molecule has 0 saturated heterocycles. The van der Waals surface area contributed by atoms with Crippen molar-refractivity contribution in [2.75, 3.05) is 13.2 Å². The summed E-state index contributed by atoms with van der Waals surface area (Å²) >= 11 is 4.22. The van der Waals surface area contributed by atoms with Gasteiger partial charge in [0.2, 0.25) is 5.91 Å². The molecule has 1 saturated carbocycles. The molecular weight excluding hydrogens is 258 g/mol. The smallest absolute Gasteiger partial charge is 0.224 e. The molecule has 2 atom stereocenters. The van der Waals surface area contributed by atoms with Crippen molar-refractivity contribution >= 4 is 18.5 Å². The van der Waals surface area contributed by atoms with Crippen LogP contribution in [-0.4, -0.2) is 24.2 Å². The summed E-state index contributed by atoms with van der Waals surface area (Å²) in [5.41, 5.74) is 1.00. The molecule has 19 heavy (non-hydrogen) atoms. The Kier molecular flexibility index (Phi) is 5.28. The summed E-state index contributed by atoms with van der Waals surface area (Å²) in [5, 5.41) is 12.2. The SMILES string of the molecule is O=C(Cc1ccc(S)cc1)NCC1CCCC1CO. The van der Waals surface area contributed by atoms with E-state index in [0.717, 1.165) is 29.7 Å². The number of thiol groups is 1. The van der Waals surface area contributed by atoms with Crippen molar-refractivity contribution < 1.29 is 9.90 Å². The van der Waals surface area contributed by atoms with Crippen molar-refractivity contribution in [1.29, 1.82) is 0 Å². The van der Waals surface area contributed by atoms with E-state index in [4.69, 9.17) is 0 Å². The van der Waals surface area contributed by atoms with Gasteiger partial charge in [-0.25, -0.2) is 0 Å². The molecule has 2 N–H and O–H groups in total. The van der Waals surface area contributed by atoms with Crippen LogP contribution in [0.4, 0.5) is 0 Å². The monoisotopic (exact) mass is 279 g/mol. The lowest BCUT2D eigenvalue weighted by Crippen LogP contribution is -2.32. The molecule has 0 aliphatic heterocycles. The first-order valence-electron chi connectivity index (χ1n) is 6.84. The Morgan fingerprint density at radius 2 is 1.95 bits per heavy atom. The molecule has 4 heteroatoms. The van der Waals surface area contributed by atoms with E-state index in [0.29, 0.717) is 24.8 Å². The van der Waals surface area contributed by atoms with Gasteiger partial charge in [0.25, 0.3) is 0 Å². The molecule has 1 aromatic carbocycles. The fourth-order valence-corrected chi connectivity index (χ4v) is 2.88. The third kappa shape index (κ3) is 4.25. The predicted octanol–water partition coefficient (Wildman–Crippen LogP) is 2.04. The number of benzene rings is 1. The van der Waals surface area contributed by atoms with Gasteiger partial charge in [0.15, 0.2) is 0 Å². The second-order valence-electron chi connectivity index (χ2n) is 5.28.